The van der Waals surface area contributed by atoms with Gasteiger partial charge < -0.3 is 15.8 Å². The fourth-order valence-corrected chi connectivity index (χ4v) is 4.63. The van der Waals surface area contributed by atoms with E-state index < -0.39 is 11.2 Å². The maximum atomic E-state index is 13.5. The van der Waals surface area contributed by atoms with Crippen molar-refractivity contribution in [1.82, 2.24) is 9.97 Å². The number of benzene rings is 2. The van der Waals surface area contributed by atoms with E-state index in [0.717, 1.165) is 41.5 Å². The van der Waals surface area contributed by atoms with Gasteiger partial charge in [-0.2, -0.15) is 0 Å². The minimum Gasteiger partial charge on any atom is -0.496 e. The van der Waals surface area contributed by atoms with E-state index in [9.17, 15) is 9.18 Å². The standard InChI is InChI=1S/C26H32ClFN4O2.C3H8/c1-25(2,14-26(3,4)24(29)33)10-6-7-16-11-18-21(13-22(16)34-5)30-15-31-23(18)32-17-8-9-20(28)19(27)12-17;1-3-2/h8-9,11-13,15H,6-7,10,14H2,1-5H3,(H2,29,33)(H,30,31,32);3H2,1-2H3. The molecule has 0 fully saturated rings. The lowest BCUT2D eigenvalue weighted by atomic mass is 9.72. The molecule has 0 aliphatic rings. The number of primary amides is 1. The maximum Gasteiger partial charge on any atom is 0.223 e. The Bertz CT molecular complexity index is 1210. The number of ether oxygens (including phenoxy) is 1. The van der Waals surface area contributed by atoms with Crippen molar-refractivity contribution in [2.75, 3.05) is 12.4 Å². The van der Waals surface area contributed by atoms with Crippen LogP contribution in [0.3, 0.4) is 0 Å². The van der Waals surface area contributed by atoms with Gasteiger partial charge in [-0.25, -0.2) is 14.4 Å². The van der Waals surface area contributed by atoms with Crippen LogP contribution in [0.2, 0.25) is 5.02 Å². The molecule has 0 atom stereocenters. The minimum absolute atomic E-state index is 0.0350. The molecule has 0 radical (unpaired) electrons. The lowest BCUT2D eigenvalue weighted by molar-refractivity contribution is -0.127. The van der Waals surface area contributed by atoms with Crippen LogP contribution in [-0.4, -0.2) is 23.0 Å². The predicted molar refractivity (Wildman–Crippen MR) is 151 cm³/mol. The highest BCUT2D eigenvalue weighted by Gasteiger charge is 2.32. The first kappa shape index (κ1) is 30.3. The highest BCUT2D eigenvalue weighted by atomic mass is 35.5. The molecule has 1 aromatic heterocycles. The number of nitrogens with zero attached hydrogens (tertiary/aromatic N) is 2. The molecule has 0 saturated heterocycles. The largest absolute Gasteiger partial charge is 0.496 e. The van der Waals surface area contributed by atoms with E-state index in [1.54, 1.807) is 13.2 Å². The average molecular weight is 531 g/mol. The van der Waals surface area contributed by atoms with Gasteiger partial charge in [0.25, 0.3) is 0 Å². The number of fused-ring (bicyclic) bond motifs is 1. The van der Waals surface area contributed by atoms with Crippen LogP contribution in [0.15, 0.2) is 36.7 Å². The molecule has 1 heterocycles. The van der Waals surface area contributed by atoms with Gasteiger partial charge in [-0.3, -0.25) is 4.79 Å². The second-order valence-electron chi connectivity index (χ2n) is 10.8. The van der Waals surface area contributed by atoms with Gasteiger partial charge in [0, 0.05) is 22.6 Å². The second kappa shape index (κ2) is 13.0. The fourth-order valence-electron chi connectivity index (χ4n) is 4.45. The maximum absolute atomic E-state index is 13.5. The fraction of sp³-hybridized carbons (Fsp3) is 0.483. The summed E-state index contributed by atoms with van der Waals surface area (Å²) in [6.07, 6.45) is 6.06. The number of hydrogen-bond donors (Lipinski definition) is 2. The molecule has 2 aromatic carbocycles. The molecule has 0 unspecified atom stereocenters. The van der Waals surface area contributed by atoms with Crippen LogP contribution in [0, 0.1) is 16.6 Å². The Kier molecular flexibility index (Phi) is 10.7. The van der Waals surface area contributed by atoms with Crippen molar-refractivity contribution in [1.29, 1.82) is 0 Å². The number of hydrogen-bond acceptors (Lipinski definition) is 5. The summed E-state index contributed by atoms with van der Waals surface area (Å²) in [7, 11) is 1.64. The van der Waals surface area contributed by atoms with Crippen molar-refractivity contribution in [2.45, 2.75) is 73.6 Å². The second-order valence-corrected chi connectivity index (χ2v) is 11.2. The van der Waals surface area contributed by atoms with Gasteiger partial charge in [-0.1, -0.05) is 59.6 Å². The van der Waals surface area contributed by atoms with Crippen molar-refractivity contribution in [2.24, 2.45) is 16.6 Å². The van der Waals surface area contributed by atoms with Gasteiger partial charge in [0.05, 0.1) is 17.6 Å². The van der Waals surface area contributed by atoms with E-state index in [-0.39, 0.29) is 16.3 Å². The number of rotatable bonds is 10. The van der Waals surface area contributed by atoms with Crippen molar-refractivity contribution < 1.29 is 13.9 Å². The van der Waals surface area contributed by atoms with E-state index >= 15 is 0 Å². The van der Waals surface area contributed by atoms with Crippen LogP contribution in [0.1, 0.15) is 72.8 Å². The SMILES string of the molecule is CCC.COc1cc2ncnc(Nc3ccc(F)c(Cl)c3)c2cc1CCCC(C)(C)CC(C)(C)C(N)=O. The van der Waals surface area contributed by atoms with Gasteiger partial charge in [-0.15, -0.1) is 0 Å². The Morgan fingerprint density at radius 2 is 1.81 bits per heavy atom. The zero-order chi connectivity index (χ0) is 27.8. The molecule has 8 heteroatoms. The number of nitrogens with one attached hydrogen (secondary N) is 1. The smallest absolute Gasteiger partial charge is 0.223 e. The third-order valence-electron chi connectivity index (χ3n) is 6.11. The summed E-state index contributed by atoms with van der Waals surface area (Å²) in [5.74, 6) is 0.602. The third kappa shape index (κ3) is 8.56. The summed E-state index contributed by atoms with van der Waals surface area (Å²) in [6, 6.07) is 8.36. The molecule has 37 heavy (non-hydrogen) atoms. The van der Waals surface area contributed by atoms with Gasteiger partial charge in [0.1, 0.15) is 23.7 Å². The molecule has 6 nitrogen and oxygen atoms in total. The number of amides is 1. The Morgan fingerprint density at radius 3 is 2.41 bits per heavy atom. The van der Waals surface area contributed by atoms with Gasteiger partial charge in [-0.05, 0) is 60.9 Å². The van der Waals surface area contributed by atoms with E-state index in [2.05, 4.69) is 43.0 Å². The summed E-state index contributed by atoms with van der Waals surface area (Å²) in [5.41, 5.74) is 7.38. The summed E-state index contributed by atoms with van der Waals surface area (Å²) >= 11 is 5.92. The van der Waals surface area contributed by atoms with Crippen LogP contribution >= 0.6 is 11.6 Å². The molecular weight excluding hydrogens is 491 g/mol. The van der Waals surface area contributed by atoms with Crippen molar-refractivity contribution >= 4 is 39.9 Å². The van der Waals surface area contributed by atoms with Gasteiger partial charge >= 0.3 is 0 Å². The molecule has 0 saturated carbocycles. The first-order valence-corrected chi connectivity index (χ1v) is 13.0. The number of carbonyl (C=O) groups is 1. The zero-order valence-electron chi connectivity index (χ0n) is 23.0. The summed E-state index contributed by atoms with van der Waals surface area (Å²) in [4.78, 5) is 20.5. The Hall–Kier alpha value is -2.93. The summed E-state index contributed by atoms with van der Waals surface area (Å²) < 4.78 is 19.2. The molecule has 3 aromatic rings. The van der Waals surface area contributed by atoms with Crippen LogP contribution < -0.4 is 15.8 Å². The average Bonchev–Trinajstić information content (AvgIpc) is 2.81. The number of aryl methyl sites for hydroxylation is 1. The molecule has 3 N–H and O–H groups in total. The predicted octanol–water partition coefficient (Wildman–Crippen LogP) is 7.84. The monoisotopic (exact) mass is 530 g/mol. The van der Waals surface area contributed by atoms with E-state index in [0.29, 0.717) is 17.9 Å². The first-order chi connectivity index (χ1) is 17.3. The molecule has 0 aliphatic carbocycles. The Morgan fingerprint density at radius 1 is 1.14 bits per heavy atom. The first-order valence-electron chi connectivity index (χ1n) is 12.7. The third-order valence-corrected chi connectivity index (χ3v) is 6.40. The number of nitrogens with two attached hydrogens (primary N) is 1. The van der Waals surface area contributed by atoms with E-state index in [1.165, 1.54) is 24.9 Å². The van der Waals surface area contributed by atoms with Crippen LogP contribution in [0.25, 0.3) is 10.9 Å². The number of methoxy groups -OCH3 is 1. The minimum atomic E-state index is -0.550. The quantitative estimate of drug-likeness (QED) is 0.278. The highest BCUT2D eigenvalue weighted by molar-refractivity contribution is 6.31. The summed E-state index contributed by atoms with van der Waals surface area (Å²) in [6.45, 7) is 12.4. The Labute approximate surface area is 225 Å². The van der Waals surface area contributed by atoms with Crippen LogP contribution in [0.4, 0.5) is 15.9 Å². The number of aromatic nitrogens is 2. The van der Waals surface area contributed by atoms with Crippen LogP contribution in [-0.2, 0) is 11.2 Å². The molecule has 1 amide bonds. The molecule has 3 rings (SSSR count). The van der Waals surface area contributed by atoms with Gasteiger partial charge in [0.15, 0.2) is 0 Å². The zero-order valence-corrected chi connectivity index (χ0v) is 23.8. The number of halogens is 2. The lowest BCUT2D eigenvalue weighted by Gasteiger charge is -2.33. The molecule has 0 bridgehead atoms. The molecular formula is C29H40ClFN4O2. The summed E-state index contributed by atoms with van der Waals surface area (Å²) in [5, 5.41) is 4.07. The molecule has 202 valence electrons. The lowest BCUT2D eigenvalue weighted by Crippen LogP contribution is -2.35. The van der Waals surface area contributed by atoms with Crippen molar-refractivity contribution in [3.63, 3.8) is 0 Å². The normalized spacial score (nSPS) is 11.6. The molecule has 0 aliphatic heterocycles. The molecule has 0 spiro atoms. The van der Waals surface area contributed by atoms with E-state index in [4.69, 9.17) is 22.1 Å². The number of anilines is 2. The van der Waals surface area contributed by atoms with Crippen LogP contribution in [0.5, 0.6) is 5.75 Å². The highest BCUT2D eigenvalue weighted by Crippen LogP contribution is 2.38. The van der Waals surface area contributed by atoms with Crippen molar-refractivity contribution in [3.8, 4) is 5.75 Å². The van der Waals surface area contributed by atoms with Gasteiger partial charge in [0.2, 0.25) is 5.91 Å². The van der Waals surface area contributed by atoms with Crippen molar-refractivity contribution in [3.05, 3.63) is 53.1 Å². The van der Waals surface area contributed by atoms with E-state index in [1.807, 2.05) is 26.0 Å². The number of carbonyl (C=O) groups excluding carboxylic acids is 1. The topological polar surface area (TPSA) is 90.1 Å². The Balaban J connectivity index is 0.00000153.